The van der Waals surface area contributed by atoms with Crippen LogP contribution in [0.5, 0.6) is 5.75 Å². The fraction of sp³-hybridized carbons (Fsp3) is 0.429. The largest absolute Gasteiger partial charge is 0.495 e. The number of aliphatic hydroxyl groups is 1. The number of hydrogen-bond acceptors (Lipinski definition) is 9. The zero-order chi connectivity index (χ0) is 28.3. The van der Waals surface area contributed by atoms with Gasteiger partial charge in [-0.15, -0.1) is 0 Å². The van der Waals surface area contributed by atoms with Gasteiger partial charge in [0.05, 0.1) is 31.3 Å². The zero-order valence-corrected chi connectivity index (χ0v) is 24.3. The molecule has 3 heterocycles. The van der Waals surface area contributed by atoms with E-state index in [1.54, 1.807) is 31.4 Å². The number of fused-ring (bicyclic) bond motifs is 1. The van der Waals surface area contributed by atoms with E-state index in [4.69, 9.17) is 16.3 Å². The maximum atomic E-state index is 13.4. The summed E-state index contributed by atoms with van der Waals surface area (Å²) in [5.74, 6) is 1.56. The summed E-state index contributed by atoms with van der Waals surface area (Å²) >= 11 is 6.45. The summed E-state index contributed by atoms with van der Waals surface area (Å²) in [5.41, 5.74) is 3.53. The molecule has 1 atom stereocenters. The van der Waals surface area contributed by atoms with Gasteiger partial charge in [-0.1, -0.05) is 30.7 Å². The van der Waals surface area contributed by atoms with Crippen molar-refractivity contribution in [2.75, 3.05) is 57.1 Å². The van der Waals surface area contributed by atoms with Crippen LogP contribution in [0.2, 0.25) is 5.02 Å². The van der Waals surface area contributed by atoms with Gasteiger partial charge in [0.2, 0.25) is 16.0 Å². The van der Waals surface area contributed by atoms with Crippen LogP contribution in [0.3, 0.4) is 0 Å². The monoisotopic (exact) mass is 586 g/mol. The van der Waals surface area contributed by atoms with E-state index in [1.807, 2.05) is 6.07 Å². The number of nitrogens with zero attached hydrogens (tertiary/aromatic N) is 4. The topological polar surface area (TPSA) is 120 Å². The predicted octanol–water partition coefficient (Wildman–Crippen LogP) is 4.05. The van der Waals surface area contributed by atoms with Crippen LogP contribution < -0.4 is 15.4 Å². The summed E-state index contributed by atoms with van der Waals surface area (Å²) in [6, 6.07) is 10.9. The molecule has 0 spiro atoms. The van der Waals surface area contributed by atoms with Crippen molar-refractivity contribution in [2.24, 2.45) is 5.92 Å². The fourth-order valence-electron chi connectivity index (χ4n) is 5.24. The third-order valence-corrected chi connectivity index (χ3v) is 9.67. The molecule has 10 nitrogen and oxygen atoms in total. The molecule has 0 saturated carbocycles. The van der Waals surface area contributed by atoms with Crippen LogP contribution >= 0.6 is 11.6 Å². The van der Waals surface area contributed by atoms with E-state index < -0.39 is 10.0 Å². The molecule has 1 fully saturated rings. The summed E-state index contributed by atoms with van der Waals surface area (Å²) < 4.78 is 34.1. The minimum Gasteiger partial charge on any atom is -0.495 e. The molecular weight excluding hydrogens is 552 g/mol. The predicted molar refractivity (Wildman–Crippen MR) is 157 cm³/mol. The van der Waals surface area contributed by atoms with Crippen LogP contribution in [-0.2, 0) is 22.9 Å². The minimum atomic E-state index is -3.69. The van der Waals surface area contributed by atoms with Gasteiger partial charge in [-0.3, -0.25) is 0 Å². The second kappa shape index (κ2) is 12.3. The SMILES string of the molecule is COc1cc2c(cc1Nc1ncc(Cl)c(Nc3ccccc3S(=O)(=O)N3CCC(C)C3)n1)CCN(CCO)CC2. The molecule has 5 rings (SSSR count). The van der Waals surface area contributed by atoms with Crippen molar-refractivity contribution >= 4 is 44.8 Å². The number of β-amino-alcohol motifs (C(OH)–C–C–N with tert-alkyl or cyclic N) is 1. The number of ether oxygens (including phenoxy) is 1. The number of aromatic nitrogens is 2. The summed E-state index contributed by atoms with van der Waals surface area (Å²) in [5, 5.41) is 16.0. The van der Waals surface area contributed by atoms with E-state index in [-0.39, 0.29) is 28.3 Å². The summed E-state index contributed by atoms with van der Waals surface area (Å²) in [7, 11) is -2.07. The lowest BCUT2D eigenvalue weighted by Crippen LogP contribution is -2.29. The molecule has 1 unspecified atom stereocenters. The Morgan fingerprint density at radius 1 is 1.10 bits per heavy atom. The quantitative estimate of drug-likeness (QED) is 0.341. The van der Waals surface area contributed by atoms with Gasteiger partial charge in [0.1, 0.15) is 15.7 Å². The van der Waals surface area contributed by atoms with Crippen LogP contribution in [0.15, 0.2) is 47.5 Å². The average Bonchev–Trinajstić information content (AvgIpc) is 3.30. The number of nitrogens with one attached hydrogen (secondary N) is 2. The highest BCUT2D eigenvalue weighted by molar-refractivity contribution is 7.89. The Bertz CT molecular complexity index is 1470. The van der Waals surface area contributed by atoms with Crippen molar-refractivity contribution in [1.82, 2.24) is 19.2 Å². The van der Waals surface area contributed by atoms with Gasteiger partial charge >= 0.3 is 0 Å². The number of sulfonamides is 1. The van der Waals surface area contributed by atoms with Gasteiger partial charge in [0.25, 0.3) is 0 Å². The second-order valence-corrected chi connectivity index (χ2v) is 12.6. The number of benzene rings is 2. The number of halogens is 1. The molecule has 0 aliphatic carbocycles. The Hall–Kier alpha value is -2.96. The molecule has 40 heavy (non-hydrogen) atoms. The first-order chi connectivity index (χ1) is 19.3. The minimum absolute atomic E-state index is 0.143. The van der Waals surface area contributed by atoms with Crippen molar-refractivity contribution in [3.8, 4) is 5.75 Å². The third-order valence-electron chi connectivity index (χ3n) is 7.47. The van der Waals surface area contributed by atoms with Gasteiger partial charge in [0, 0.05) is 32.7 Å². The molecule has 1 saturated heterocycles. The summed E-state index contributed by atoms with van der Waals surface area (Å²) in [6.07, 6.45) is 4.04. The van der Waals surface area contributed by atoms with Crippen LogP contribution in [0, 0.1) is 5.92 Å². The number of para-hydroxylation sites is 1. The highest BCUT2D eigenvalue weighted by Crippen LogP contribution is 2.35. The molecule has 12 heteroatoms. The first kappa shape index (κ1) is 28.6. The van der Waals surface area contributed by atoms with Crippen molar-refractivity contribution in [3.05, 3.63) is 58.7 Å². The van der Waals surface area contributed by atoms with Gasteiger partial charge in [-0.05, 0) is 60.6 Å². The van der Waals surface area contributed by atoms with Crippen molar-refractivity contribution in [1.29, 1.82) is 0 Å². The Morgan fingerprint density at radius 2 is 1.85 bits per heavy atom. The van der Waals surface area contributed by atoms with Crippen LogP contribution in [0.1, 0.15) is 24.5 Å². The summed E-state index contributed by atoms with van der Waals surface area (Å²) in [4.78, 5) is 11.4. The van der Waals surface area contributed by atoms with Crippen molar-refractivity contribution in [2.45, 2.75) is 31.1 Å². The maximum Gasteiger partial charge on any atom is 0.245 e. The number of methoxy groups -OCH3 is 1. The Balaban J connectivity index is 1.40. The normalized spacial score (nSPS) is 18.2. The highest BCUT2D eigenvalue weighted by atomic mass is 35.5. The lowest BCUT2D eigenvalue weighted by molar-refractivity contribution is 0.201. The van der Waals surface area contributed by atoms with E-state index in [9.17, 15) is 13.5 Å². The molecule has 0 amide bonds. The summed E-state index contributed by atoms with van der Waals surface area (Å²) in [6.45, 7) is 5.61. The molecule has 0 bridgehead atoms. The smallest absolute Gasteiger partial charge is 0.245 e. The molecule has 1 aromatic heterocycles. The van der Waals surface area contributed by atoms with Crippen molar-refractivity contribution in [3.63, 3.8) is 0 Å². The fourth-order valence-corrected chi connectivity index (χ4v) is 7.10. The molecule has 214 valence electrons. The van der Waals surface area contributed by atoms with Gasteiger partial charge < -0.3 is 25.4 Å². The van der Waals surface area contributed by atoms with E-state index >= 15 is 0 Å². The first-order valence-electron chi connectivity index (χ1n) is 13.5. The van der Waals surface area contributed by atoms with E-state index in [0.717, 1.165) is 38.0 Å². The zero-order valence-electron chi connectivity index (χ0n) is 22.7. The lowest BCUT2D eigenvalue weighted by Gasteiger charge is -2.19. The van der Waals surface area contributed by atoms with Crippen LogP contribution in [0.4, 0.5) is 23.1 Å². The van der Waals surface area contributed by atoms with E-state index in [2.05, 4.69) is 38.5 Å². The molecule has 3 aromatic rings. The lowest BCUT2D eigenvalue weighted by atomic mass is 10.0. The number of aliphatic hydroxyl groups excluding tert-OH is 1. The second-order valence-electron chi connectivity index (χ2n) is 10.3. The molecule has 2 aliphatic rings. The van der Waals surface area contributed by atoms with Gasteiger partial charge in [-0.25, -0.2) is 13.4 Å². The molecular formula is C28H35ClN6O4S. The number of anilines is 4. The molecule has 2 aromatic carbocycles. The number of hydrogen-bond donors (Lipinski definition) is 3. The van der Waals surface area contributed by atoms with Crippen LogP contribution in [0.25, 0.3) is 0 Å². The van der Waals surface area contributed by atoms with E-state index in [0.29, 0.717) is 37.0 Å². The standard InChI is InChI=1S/C28H35ClN6O4S/c1-19-7-12-35(18-19)40(37,38)26-6-4-3-5-23(26)31-27-22(29)17-30-28(33-27)32-24-15-20-8-10-34(13-14-36)11-9-21(20)16-25(24)39-2/h3-6,15-17,19,36H,7-14,18H2,1-2H3,(H2,30,31,32,33). The first-order valence-corrected chi connectivity index (χ1v) is 15.3. The van der Waals surface area contributed by atoms with Crippen LogP contribution in [-0.4, -0.2) is 79.1 Å². The Kier molecular flexibility index (Phi) is 8.77. The third kappa shape index (κ3) is 6.18. The van der Waals surface area contributed by atoms with Gasteiger partial charge in [-0.2, -0.15) is 9.29 Å². The molecule has 2 aliphatic heterocycles. The van der Waals surface area contributed by atoms with Gasteiger partial charge in [0.15, 0.2) is 5.82 Å². The van der Waals surface area contributed by atoms with E-state index in [1.165, 1.54) is 21.6 Å². The molecule has 0 radical (unpaired) electrons. The number of rotatable bonds is 9. The molecule has 3 N–H and O–H groups in total. The average molecular weight is 587 g/mol. The Morgan fingerprint density at radius 3 is 2.55 bits per heavy atom. The highest BCUT2D eigenvalue weighted by Gasteiger charge is 2.32. The Labute approximate surface area is 240 Å². The maximum absolute atomic E-state index is 13.4. The van der Waals surface area contributed by atoms with Crippen molar-refractivity contribution < 1.29 is 18.3 Å².